The van der Waals surface area contributed by atoms with Gasteiger partial charge in [-0.15, -0.1) is 22.6 Å². The fraction of sp³-hybridized carbons (Fsp3) is 0.316. The molecule has 1 aromatic carbocycles. The van der Waals surface area contributed by atoms with E-state index >= 15 is 0 Å². The number of rotatable bonds is 6. The van der Waals surface area contributed by atoms with Crippen molar-refractivity contribution < 1.29 is 23.5 Å². The number of amides is 1. The van der Waals surface area contributed by atoms with E-state index < -0.39 is 29.6 Å². The molecule has 0 radical (unpaired) electrons. The third-order valence-corrected chi connectivity index (χ3v) is 4.81. The summed E-state index contributed by atoms with van der Waals surface area (Å²) in [4.78, 5) is 28.9. The quantitative estimate of drug-likeness (QED) is 0.651. The topological polar surface area (TPSA) is 144 Å². The number of carbonyl (C=O) groups excluding carboxylic acids is 2. The number of esters is 1. The van der Waals surface area contributed by atoms with Crippen molar-refractivity contribution in [3.05, 3.63) is 48.0 Å². The van der Waals surface area contributed by atoms with Crippen molar-refractivity contribution in [2.24, 2.45) is 26.4 Å². The van der Waals surface area contributed by atoms with Gasteiger partial charge in [0.1, 0.15) is 12.4 Å². The SMILES string of the molecule is CC1(c2ccc(-c3ccc(N4C[C@H](COC(=O)CN)OC4=O)cc3F)cn2)N=NN=N1.Cl. The first-order valence-electron chi connectivity index (χ1n) is 9.34. The molecule has 2 N–H and O–H groups in total. The summed E-state index contributed by atoms with van der Waals surface area (Å²) in [5.74, 6) is -1.14. The third kappa shape index (κ3) is 4.55. The van der Waals surface area contributed by atoms with Gasteiger partial charge in [-0.1, -0.05) is 6.07 Å². The average Bonchev–Trinajstić information content (AvgIpc) is 3.38. The van der Waals surface area contributed by atoms with E-state index in [0.717, 1.165) is 0 Å². The van der Waals surface area contributed by atoms with Gasteiger partial charge < -0.3 is 15.2 Å². The Morgan fingerprint density at radius 2 is 2.06 bits per heavy atom. The lowest BCUT2D eigenvalue weighted by atomic mass is 10.0. The van der Waals surface area contributed by atoms with Gasteiger partial charge in [0, 0.05) is 17.3 Å². The van der Waals surface area contributed by atoms with Crippen LogP contribution >= 0.6 is 12.4 Å². The second-order valence-electron chi connectivity index (χ2n) is 7.00. The maximum Gasteiger partial charge on any atom is 0.414 e. The number of ether oxygens (including phenoxy) is 2. The minimum absolute atomic E-state index is 0. The molecule has 1 saturated heterocycles. The van der Waals surface area contributed by atoms with Crippen LogP contribution in [-0.2, 0) is 19.9 Å². The number of benzene rings is 1. The van der Waals surface area contributed by atoms with Crippen LogP contribution in [-0.4, -0.2) is 42.8 Å². The second-order valence-corrected chi connectivity index (χ2v) is 7.00. The van der Waals surface area contributed by atoms with Crippen molar-refractivity contribution in [3.8, 4) is 11.1 Å². The number of aromatic nitrogens is 1. The van der Waals surface area contributed by atoms with Gasteiger partial charge in [-0.25, -0.2) is 9.18 Å². The van der Waals surface area contributed by atoms with Crippen LogP contribution in [0.15, 0.2) is 57.2 Å². The standard InChI is InChI=1S/C19H18FN7O4.ClH/c1-19(23-25-26-24-19)16-5-2-11(8-22-16)14-4-3-12(6-15(14)20)27-9-13(31-18(27)29)10-30-17(28)7-21;/h2-6,8,13H,7,9-10,21H2,1H3;1H/t13-;/m1./s1. The molecule has 2 aliphatic heterocycles. The summed E-state index contributed by atoms with van der Waals surface area (Å²) in [7, 11) is 0. The molecule has 168 valence electrons. The minimum Gasteiger partial charge on any atom is -0.461 e. The van der Waals surface area contributed by atoms with Crippen LogP contribution in [0.5, 0.6) is 0 Å². The summed E-state index contributed by atoms with van der Waals surface area (Å²) >= 11 is 0. The van der Waals surface area contributed by atoms with Crippen molar-refractivity contribution in [2.45, 2.75) is 18.7 Å². The first kappa shape index (κ1) is 23.2. The number of cyclic esters (lactones) is 1. The predicted molar refractivity (Wildman–Crippen MR) is 112 cm³/mol. The molecule has 1 amide bonds. The Balaban J connectivity index is 0.00000289. The Kier molecular flexibility index (Phi) is 6.75. The molecule has 0 unspecified atom stereocenters. The zero-order chi connectivity index (χ0) is 22.0. The van der Waals surface area contributed by atoms with Crippen LogP contribution in [0, 0.1) is 5.82 Å². The molecule has 1 atom stereocenters. The molecule has 0 spiro atoms. The van der Waals surface area contributed by atoms with Crippen LogP contribution in [0.25, 0.3) is 11.1 Å². The highest BCUT2D eigenvalue weighted by Crippen LogP contribution is 2.33. The number of anilines is 1. The van der Waals surface area contributed by atoms with Gasteiger partial charge in [-0.2, -0.15) is 0 Å². The lowest BCUT2D eigenvalue weighted by molar-refractivity contribution is -0.144. The van der Waals surface area contributed by atoms with Gasteiger partial charge in [-0.3, -0.25) is 14.7 Å². The summed E-state index contributed by atoms with van der Waals surface area (Å²) in [6, 6.07) is 7.76. The Bertz CT molecular complexity index is 1070. The average molecular weight is 464 g/mol. The van der Waals surface area contributed by atoms with E-state index in [1.54, 1.807) is 31.2 Å². The van der Waals surface area contributed by atoms with E-state index in [9.17, 15) is 14.0 Å². The molecule has 3 heterocycles. The van der Waals surface area contributed by atoms with Gasteiger partial charge in [0.25, 0.3) is 0 Å². The Morgan fingerprint density at radius 3 is 2.69 bits per heavy atom. The Morgan fingerprint density at radius 1 is 1.31 bits per heavy atom. The minimum atomic E-state index is -0.980. The van der Waals surface area contributed by atoms with E-state index in [-0.39, 0.29) is 32.1 Å². The predicted octanol–water partition coefficient (Wildman–Crippen LogP) is 3.14. The lowest BCUT2D eigenvalue weighted by Gasteiger charge is -2.15. The first-order valence-corrected chi connectivity index (χ1v) is 9.34. The molecular formula is C19H19ClFN7O4. The number of hydrogen-bond acceptors (Lipinski definition) is 10. The van der Waals surface area contributed by atoms with E-state index in [1.807, 2.05) is 0 Å². The highest BCUT2D eigenvalue weighted by atomic mass is 35.5. The lowest BCUT2D eigenvalue weighted by Crippen LogP contribution is -2.28. The molecule has 0 bridgehead atoms. The number of nitrogens with two attached hydrogens (primary N) is 1. The van der Waals surface area contributed by atoms with Gasteiger partial charge in [0.2, 0.25) is 5.66 Å². The molecule has 0 saturated carbocycles. The van der Waals surface area contributed by atoms with Crippen molar-refractivity contribution in [2.75, 3.05) is 24.6 Å². The third-order valence-electron chi connectivity index (χ3n) is 4.81. The smallest absolute Gasteiger partial charge is 0.414 e. The van der Waals surface area contributed by atoms with Crippen molar-refractivity contribution in [1.29, 1.82) is 0 Å². The van der Waals surface area contributed by atoms with Crippen molar-refractivity contribution in [3.63, 3.8) is 0 Å². The number of pyridine rings is 1. The van der Waals surface area contributed by atoms with Crippen LogP contribution < -0.4 is 10.6 Å². The molecule has 0 aliphatic carbocycles. The van der Waals surface area contributed by atoms with Crippen LogP contribution in [0.4, 0.5) is 14.9 Å². The zero-order valence-corrected chi connectivity index (χ0v) is 17.7. The van der Waals surface area contributed by atoms with E-state index in [1.165, 1.54) is 17.2 Å². The monoisotopic (exact) mass is 463 g/mol. The molecule has 1 fully saturated rings. The molecule has 13 heteroatoms. The van der Waals surface area contributed by atoms with Crippen LogP contribution in [0.3, 0.4) is 0 Å². The highest BCUT2D eigenvalue weighted by Gasteiger charge is 2.34. The maximum atomic E-state index is 14.8. The molecule has 32 heavy (non-hydrogen) atoms. The van der Waals surface area contributed by atoms with Crippen LogP contribution in [0.1, 0.15) is 12.6 Å². The van der Waals surface area contributed by atoms with Gasteiger partial charge >= 0.3 is 12.1 Å². The summed E-state index contributed by atoms with van der Waals surface area (Å²) in [5, 5.41) is 14.9. The molecular weight excluding hydrogens is 445 g/mol. The van der Waals surface area contributed by atoms with Gasteiger partial charge in [0.05, 0.1) is 24.5 Å². The second kappa shape index (κ2) is 9.32. The van der Waals surface area contributed by atoms with E-state index in [4.69, 9.17) is 15.2 Å². The first-order chi connectivity index (χ1) is 14.9. The largest absolute Gasteiger partial charge is 0.461 e. The molecule has 4 rings (SSSR count). The van der Waals surface area contributed by atoms with Gasteiger partial charge in [0.15, 0.2) is 6.10 Å². The maximum absolute atomic E-state index is 14.8. The molecule has 11 nitrogen and oxygen atoms in total. The van der Waals surface area contributed by atoms with Crippen molar-refractivity contribution in [1.82, 2.24) is 4.98 Å². The Hall–Kier alpha value is -3.51. The Labute approximate surface area is 187 Å². The summed E-state index contributed by atoms with van der Waals surface area (Å²) < 4.78 is 24.9. The number of hydrogen-bond donors (Lipinski definition) is 1. The fourth-order valence-electron chi connectivity index (χ4n) is 3.14. The van der Waals surface area contributed by atoms with E-state index in [2.05, 4.69) is 25.7 Å². The normalized spacial score (nSPS) is 18.4. The van der Waals surface area contributed by atoms with Gasteiger partial charge in [-0.05, 0) is 41.6 Å². The number of halogens is 2. The number of nitrogens with zero attached hydrogens (tertiary/aromatic N) is 6. The molecule has 2 aliphatic rings. The zero-order valence-electron chi connectivity index (χ0n) is 16.8. The number of carbonyl (C=O) groups is 2. The summed E-state index contributed by atoms with van der Waals surface area (Å²) in [5.41, 5.74) is 5.89. The summed E-state index contributed by atoms with van der Waals surface area (Å²) in [6.07, 6.45) is 0.197. The molecule has 2 aromatic rings. The van der Waals surface area contributed by atoms with Crippen molar-refractivity contribution >= 4 is 30.2 Å². The fourth-order valence-corrected chi connectivity index (χ4v) is 3.14. The van der Waals surface area contributed by atoms with E-state index in [0.29, 0.717) is 22.5 Å². The summed E-state index contributed by atoms with van der Waals surface area (Å²) in [6.45, 7) is 1.45. The highest BCUT2D eigenvalue weighted by molar-refractivity contribution is 5.90. The molecule has 1 aromatic heterocycles. The van der Waals surface area contributed by atoms with Crippen LogP contribution in [0.2, 0.25) is 0 Å².